The zero-order chi connectivity index (χ0) is 19.7. The van der Waals surface area contributed by atoms with Crippen molar-refractivity contribution in [1.29, 1.82) is 0 Å². The second-order valence-electron chi connectivity index (χ2n) is 8.75. The van der Waals surface area contributed by atoms with Gasteiger partial charge in [0.25, 0.3) is 0 Å². The molecule has 2 saturated carbocycles. The lowest BCUT2D eigenvalue weighted by Gasteiger charge is -2.39. The maximum atomic E-state index is 12.3. The Morgan fingerprint density at radius 1 is 1.17 bits per heavy atom. The highest BCUT2D eigenvalue weighted by atomic mass is 35.5. The highest BCUT2D eigenvalue weighted by molar-refractivity contribution is 6.36. The molecule has 0 aromatic heterocycles. The molecule has 3 fully saturated rings. The van der Waals surface area contributed by atoms with E-state index in [1.807, 2.05) is 24.1 Å². The van der Waals surface area contributed by atoms with Gasteiger partial charge in [0, 0.05) is 36.6 Å². The zero-order valence-electron chi connectivity index (χ0n) is 17.0. The van der Waals surface area contributed by atoms with Crippen molar-refractivity contribution >= 4 is 41.5 Å². The van der Waals surface area contributed by atoms with Gasteiger partial charge in [-0.05, 0) is 69.7 Å². The van der Waals surface area contributed by atoms with Crippen LogP contribution in [0, 0.1) is 11.8 Å². The topological polar surface area (TPSA) is 32.8 Å². The van der Waals surface area contributed by atoms with Crippen molar-refractivity contribution in [3.05, 3.63) is 27.7 Å². The summed E-state index contributed by atoms with van der Waals surface area (Å²) in [7, 11) is 1.94. The summed E-state index contributed by atoms with van der Waals surface area (Å²) in [4.78, 5) is 16.6. The Morgan fingerprint density at radius 2 is 1.86 bits per heavy atom. The summed E-state index contributed by atoms with van der Waals surface area (Å²) >= 11 is 13.1. The molecule has 0 atom stereocenters. The van der Waals surface area contributed by atoms with Gasteiger partial charge in [0.2, 0.25) is 5.91 Å². The third-order valence-corrected chi connectivity index (χ3v) is 7.35. The van der Waals surface area contributed by atoms with Crippen LogP contribution in [-0.4, -0.2) is 48.5 Å². The van der Waals surface area contributed by atoms with Gasteiger partial charge in [-0.3, -0.25) is 9.69 Å². The number of rotatable bonds is 7. The van der Waals surface area contributed by atoms with E-state index in [4.69, 9.17) is 27.9 Å². The molecule has 1 aromatic carbocycles. The molecule has 0 N–H and O–H groups in total. The Morgan fingerprint density at radius 3 is 2.48 bits per heavy atom. The van der Waals surface area contributed by atoms with Crippen LogP contribution < -0.4 is 4.74 Å². The molecule has 0 spiro atoms. The number of halogens is 3. The number of hydrogen-bond donors (Lipinski definition) is 0. The molecule has 1 heterocycles. The zero-order valence-corrected chi connectivity index (χ0v) is 19.4. The third-order valence-electron chi connectivity index (χ3n) is 6.58. The summed E-state index contributed by atoms with van der Waals surface area (Å²) in [6, 6.07) is 3.78. The second kappa shape index (κ2) is 10.1. The summed E-state index contributed by atoms with van der Waals surface area (Å²) in [6.45, 7) is 3.84. The predicted octanol–water partition coefficient (Wildman–Crippen LogP) is 5.43. The number of amides is 1. The summed E-state index contributed by atoms with van der Waals surface area (Å²) in [5, 5.41) is 1.37. The number of hydrogen-bond acceptors (Lipinski definition) is 3. The Labute approximate surface area is 190 Å². The maximum Gasteiger partial charge on any atom is 0.225 e. The number of nitrogens with zero attached hydrogens (tertiary/aromatic N) is 2. The van der Waals surface area contributed by atoms with Crippen molar-refractivity contribution in [2.24, 2.45) is 11.8 Å². The van der Waals surface area contributed by atoms with E-state index in [0.29, 0.717) is 21.9 Å². The quantitative estimate of drug-likeness (QED) is 0.543. The minimum atomic E-state index is 0. The minimum Gasteiger partial charge on any atom is -0.489 e. The smallest absolute Gasteiger partial charge is 0.225 e. The van der Waals surface area contributed by atoms with Crippen LogP contribution in [0.4, 0.5) is 0 Å². The lowest BCUT2D eigenvalue weighted by molar-refractivity contribution is -0.138. The molecule has 0 unspecified atom stereocenters. The summed E-state index contributed by atoms with van der Waals surface area (Å²) in [5.41, 5.74) is 0.976. The van der Waals surface area contributed by atoms with E-state index in [1.165, 1.54) is 19.3 Å². The van der Waals surface area contributed by atoms with Crippen molar-refractivity contribution in [1.82, 2.24) is 9.80 Å². The normalized spacial score (nSPS) is 24.4. The highest BCUT2D eigenvalue weighted by Crippen LogP contribution is 2.39. The standard InChI is InChI=1S/C22H30Cl2N2O2.ClH/c1-25(22(27)16-5-4-6-16)13-15-11-17(12-15)28-20-8-7-19(23)18(21(20)24)14-26-9-2-3-10-26;/h7-8,15-17H,2-6,9-14H2,1H3;1H/t15-,17-;. The molecule has 4 nitrogen and oxygen atoms in total. The fraction of sp³-hybridized carbons (Fsp3) is 0.682. The van der Waals surface area contributed by atoms with Crippen LogP contribution in [0.5, 0.6) is 5.75 Å². The molecule has 0 bridgehead atoms. The van der Waals surface area contributed by atoms with Gasteiger partial charge in [0.1, 0.15) is 5.75 Å². The molecule has 2 aliphatic carbocycles. The fourth-order valence-electron chi connectivity index (χ4n) is 4.52. The van der Waals surface area contributed by atoms with Crippen molar-refractivity contribution in [3.63, 3.8) is 0 Å². The maximum absolute atomic E-state index is 12.3. The van der Waals surface area contributed by atoms with E-state index in [2.05, 4.69) is 4.90 Å². The molecule has 4 rings (SSSR count). The second-order valence-corrected chi connectivity index (χ2v) is 9.53. The predicted molar refractivity (Wildman–Crippen MR) is 120 cm³/mol. The summed E-state index contributed by atoms with van der Waals surface area (Å²) in [5.74, 6) is 1.86. The average molecular weight is 462 g/mol. The Balaban J connectivity index is 0.00000240. The van der Waals surface area contributed by atoms with E-state index < -0.39 is 0 Å². The van der Waals surface area contributed by atoms with Gasteiger partial charge >= 0.3 is 0 Å². The Hall–Kier alpha value is -0.680. The van der Waals surface area contributed by atoms with Crippen molar-refractivity contribution in [2.75, 3.05) is 26.7 Å². The lowest BCUT2D eigenvalue weighted by atomic mass is 9.80. The lowest BCUT2D eigenvalue weighted by Crippen LogP contribution is -2.44. The fourth-order valence-corrected chi connectivity index (χ4v) is 5.05. The summed E-state index contributed by atoms with van der Waals surface area (Å²) < 4.78 is 6.18. The number of carbonyl (C=O) groups excluding carboxylic acids is 1. The first-order chi connectivity index (χ1) is 13.5. The largest absolute Gasteiger partial charge is 0.489 e. The summed E-state index contributed by atoms with van der Waals surface area (Å²) in [6.07, 6.45) is 7.94. The van der Waals surface area contributed by atoms with Gasteiger partial charge in [-0.1, -0.05) is 29.6 Å². The first kappa shape index (κ1) is 23.0. The number of benzene rings is 1. The van der Waals surface area contributed by atoms with Crippen LogP contribution in [0.3, 0.4) is 0 Å². The van der Waals surface area contributed by atoms with E-state index in [-0.39, 0.29) is 24.4 Å². The Kier molecular flexibility index (Phi) is 8.00. The van der Waals surface area contributed by atoms with Crippen LogP contribution in [0.15, 0.2) is 12.1 Å². The van der Waals surface area contributed by atoms with Gasteiger partial charge in [-0.25, -0.2) is 0 Å². The molecule has 29 heavy (non-hydrogen) atoms. The molecular formula is C22H31Cl3N2O2. The molecular weight excluding hydrogens is 431 g/mol. The number of ether oxygens (including phenoxy) is 1. The molecule has 1 saturated heterocycles. The molecule has 162 valence electrons. The van der Waals surface area contributed by atoms with Gasteiger partial charge in [-0.2, -0.15) is 0 Å². The number of likely N-dealkylation sites (tertiary alicyclic amines) is 1. The van der Waals surface area contributed by atoms with Gasteiger partial charge in [0.05, 0.1) is 11.1 Å². The number of carbonyl (C=O) groups is 1. The molecule has 1 aromatic rings. The monoisotopic (exact) mass is 460 g/mol. The van der Waals surface area contributed by atoms with E-state index >= 15 is 0 Å². The SMILES string of the molecule is CN(C[C@H]1C[C@H](Oc2ccc(Cl)c(CN3CCCC3)c2Cl)C1)C(=O)C1CCC1.Cl. The van der Waals surface area contributed by atoms with Crippen molar-refractivity contribution < 1.29 is 9.53 Å². The van der Waals surface area contributed by atoms with Crippen LogP contribution in [0.25, 0.3) is 0 Å². The van der Waals surface area contributed by atoms with E-state index in [0.717, 1.165) is 63.2 Å². The van der Waals surface area contributed by atoms with Crippen LogP contribution in [0.2, 0.25) is 10.0 Å². The van der Waals surface area contributed by atoms with Crippen LogP contribution >= 0.6 is 35.6 Å². The van der Waals surface area contributed by atoms with Crippen molar-refractivity contribution in [2.45, 2.75) is 57.6 Å². The minimum absolute atomic E-state index is 0. The molecule has 3 aliphatic rings. The van der Waals surface area contributed by atoms with E-state index in [1.54, 1.807) is 0 Å². The third kappa shape index (κ3) is 5.33. The Bertz CT molecular complexity index is 714. The van der Waals surface area contributed by atoms with Crippen LogP contribution in [-0.2, 0) is 11.3 Å². The average Bonchev–Trinajstić information content (AvgIpc) is 3.10. The van der Waals surface area contributed by atoms with Crippen LogP contribution in [0.1, 0.15) is 50.5 Å². The molecule has 7 heteroatoms. The van der Waals surface area contributed by atoms with Gasteiger partial charge in [-0.15, -0.1) is 12.4 Å². The van der Waals surface area contributed by atoms with E-state index in [9.17, 15) is 4.79 Å². The van der Waals surface area contributed by atoms with Crippen molar-refractivity contribution in [3.8, 4) is 5.75 Å². The van der Waals surface area contributed by atoms with Gasteiger partial charge in [0.15, 0.2) is 0 Å². The van der Waals surface area contributed by atoms with Gasteiger partial charge < -0.3 is 9.64 Å². The molecule has 1 amide bonds. The first-order valence-corrected chi connectivity index (χ1v) is 11.4. The molecule has 1 aliphatic heterocycles. The highest BCUT2D eigenvalue weighted by Gasteiger charge is 2.35. The first-order valence-electron chi connectivity index (χ1n) is 10.6. The molecule has 0 radical (unpaired) electrons.